The van der Waals surface area contributed by atoms with Crippen molar-refractivity contribution in [3.8, 4) is 17.2 Å². The molecule has 9 nitrogen and oxygen atoms in total. The van der Waals surface area contributed by atoms with Crippen molar-refractivity contribution in [3.63, 3.8) is 0 Å². The van der Waals surface area contributed by atoms with E-state index in [1.807, 2.05) is 0 Å². The first kappa shape index (κ1) is 24.6. The fraction of sp³-hybridized carbons (Fsp3) is 0.385. The van der Waals surface area contributed by atoms with Gasteiger partial charge in [-0.3, -0.25) is 14.5 Å². The van der Waals surface area contributed by atoms with Gasteiger partial charge in [0, 0.05) is 43.4 Å². The van der Waals surface area contributed by atoms with Crippen LogP contribution >= 0.6 is 0 Å². The van der Waals surface area contributed by atoms with Crippen molar-refractivity contribution in [3.05, 3.63) is 59.2 Å². The van der Waals surface area contributed by atoms with Gasteiger partial charge in [0.05, 0.1) is 46.2 Å². The van der Waals surface area contributed by atoms with Crippen LogP contribution in [0.4, 0.5) is 0 Å². The number of carbonyl (C=O) groups is 2. The zero-order valence-electron chi connectivity index (χ0n) is 20.2. The van der Waals surface area contributed by atoms with Crippen molar-refractivity contribution in [2.75, 3.05) is 60.7 Å². The van der Waals surface area contributed by atoms with Gasteiger partial charge in [-0.15, -0.1) is 0 Å². The number of ketones is 1. The molecule has 2 fully saturated rings. The topological polar surface area (TPSA) is 97.8 Å². The van der Waals surface area contributed by atoms with E-state index in [1.165, 1.54) is 12.0 Å². The van der Waals surface area contributed by atoms with Crippen molar-refractivity contribution in [2.24, 2.45) is 0 Å². The highest BCUT2D eigenvalue weighted by Crippen LogP contribution is 2.43. The molecule has 2 aliphatic rings. The number of aliphatic hydroxyl groups is 1. The lowest BCUT2D eigenvalue weighted by molar-refractivity contribution is -0.140. The Morgan fingerprint density at radius 2 is 1.60 bits per heavy atom. The van der Waals surface area contributed by atoms with Gasteiger partial charge in [0.2, 0.25) is 0 Å². The summed E-state index contributed by atoms with van der Waals surface area (Å²) in [7, 11) is 4.61. The molecular formula is C26H30N2O7. The second-order valence-electron chi connectivity index (χ2n) is 8.28. The number of morpholine rings is 1. The Labute approximate surface area is 204 Å². The van der Waals surface area contributed by atoms with Crippen molar-refractivity contribution >= 4 is 17.4 Å². The molecule has 1 N–H and O–H groups in total. The summed E-state index contributed by atoms with van der Waals surface area (Å²) in [4.78, 5) is 30.2. The number of carbonyl (C=O) groups excluding carboxylic acids is 2. The van der Waals surface area contributed by atoms with Crippen molar-refractivity contribution in [1.82, 2.24) is 9.80 Å². The minimum atomic E-state index is -0.820. The molecule has 1 amide bonds. The Morgan fingerprint density at radius 3 is 2.23 bits per heavy atom. The zero-order chi connectivity index (χ0) is 24.9. The molecule has 35 heavy (non-hydrogen) atoms. The largest absolute Gasteiger partial charge is 0.507 e. The molecule has 1 unspecified atom stereocenters. The van der Waals surface area contributed by atoms with Gasteiger partial charge in [-0.1, -0.05) is 0 Å². The number of benzene rings is 2. The van der Waals surface area contributed by atoms with E-state index in [4.69, 9.17) is 18.9 Å². The van der Waals surface area contributed by atoms with E-state index in [-0.39, 0.29) is 11.3 Å². The highest BCUT2D eigenvalue weighted by molar-refractivity contribution is 6.46. The quantitative estimate of drug-likeness (QED) is 0.348. The van der Waals surface area contributed by atoms with Gasteiger partial charge < -0.3 is 29.0 Å². The molecule has 1 atom stereocenters. The first-order valence-corrected chi connectivity index (χ1v) is 11.4. The van der Waals surface area contributed by atoms with Gasteiger partial charge >= 0.3 is 0 Å². The average Bonchev–Trinajstić information content (AvgIpc) is 3.16. The van der Waals surface area contributed by atoms with Crippen molar-refractivity contribution in [1.29, 1.82) is 0 Å². The molecule has 0 aliphatic carbocycles. The maximum absolute atomic E-state index is 13.3. The highest BCUT2D eigenvalue weighted by Gasteiger charge is 2.47. The number of methoxy groups -OCH3 is 3. The predicted molar refractivity (Wildman–Crippen MR) is 129 cm³/mol. The standard InChI is InChI=1S/C26H30N2O7/c1-32-18-6-4-17(5-7-18)24(29)22-23(20-9-8-19(33-2)16-21(20)34-3)28(26(31)25(22)30)11-10-27-12-14-35-15-13-27/h4-9,16,23,29H,10-15H2,1-3H3/b24-22-. The van der Waals surface area contributed by atoms with E-state index >= 15 is 0 Å². The molecule has 2 saturated heterocycles. The number of amides is 1. The third-order valence-electron chi connectivity index (χ3n) is 6.40. The predicted octanol–water partition coefficient (Wildman–Crippen LogP) is 2.47. The lowest BCUT2D eigenvalue weighted by Crippen LogP contribution is -2.42. The van der Waals surface area contributed by atoms with Gasteiger partial charge in [0.1, 0.15) is 23.0 Å². The number of aliphatic hydroxyl groups excluding tert-OH is 1. The van der Waals surface area contributed by atoms with E-state index in [1.54, 1.807) is 56.7 Å². The van der Waals surface area contributed by atoms with E-state index in [9.17, 15) is 14.7 Å². The van der Waals surface area contributed by atoms with Gasteiger partial charge in [-0.25, -0.2) is 0 Å². The first-order chi connectivity index (χ1) is 17.0. The van der Waals surface area contributed by atoms with Crippen LogP contribution in [-0.4, -0.2) is 87.3 Å². The molecule has 2 aromatic rings. The van der Waals surface area contributed by atoms with Crippen molar-refractivity contribution < 1.29 is 33.6 Å². The van der Waals surface area contributed by atoms with Crippen LogP contribution in [0.3, 0.4) is 0 Å². The Bertz CT molecular complexity index is 1110. The summed E-state index contributed by atoms with van der Waals surface area (Å²) >= 11 is 0. The molecule has 0 aromatic heterocycles. The molecule has 2 aromatic carbocycles. The van der Waals surface area contributed by atoms with Gasteiger partial charge in [0.15, 0.2) is 0 Å². The fourth-order valence-corrected chi connectivity index (χ4v) is 4.46. The first-order valence-electron chi connectivity index (χ1n) is 11.4. The number of nitrogens with zero attached hydrogens (tertiary/aromatic N) is 2. The van der Waals surface area contributed by atoms with E-state index in [0.29, 0.717) is 54.7 Å². The molecule has 4 rings (SSSR count). The van der Waals surface area contributed by atoms with Crippen LogP contribution < -0.4 is 14.2 Å². The zero-order valence-corrected chi connectivity index (χ0v) is 20.2. The molecule has 9 heteroatoms. The number of Topliss-reactive ketones (excluding diaryl/α,β-unsaturated/α-hetero) is 1. The van der Waals surface area contributed by atoms with Crippen LogP contribution in [0.25, 0.3) is 5.76 Å². The van der Waals surface area contributed by atoms with E-state index in [0.717, 1.165) is 13.1 Å². The van der Waals surface area contributed by atoms with Crippen LogP contribution in [0.15, 0.2) is 48.0 Å². The monoisotopic (exact) mass is 482 g/mol. The van der Waals surface area contributed by atoms with Crippen LogP contribution in [0.2, 0.25) is 0 Å². The maximum atomic E-state index is 13.3. The molecule has 0 spiro atoms. The highest BCUT2D eigenvalue weighted by atomic mass is 16.5. The molecule has 186 valence electrons. The third-order valence-corrected chi connectivity index (χ3v) is 6.40. The minimum absolute atomic E-state index is 0.0191. The van der Waals surface area contributed by atoms with Gasteiger partial charge in [-0.05, 0) is 36.4 Å². The Kier molecular flexibility index (Phi) is 7.57. The van der Waals surface area contributed by atoms with Gasteiger partial charge in [0.25, 0.3) is 11.7 Å². The second kappa shape index (κ2) is 10.8. The SMILES string of the molecule is COc1ccc(/C(O)=C2/C(=O)C(=O)N(CCN3CCOCC3)C2c2ccc(OC)cc2OC)cc1. The summed E-state index contributed by atoms with van der Waals surface area (Å²) in [5.41, 5.74) is 1.02. The van der Waals surface area contributed by atoms with Crippen LogP contribution in [-0.2, 0) is 14.3 Å². The van der Waals surface area contributed by atoms with Crippen molar-refractivity contribution in [2.45, 2.75) is 6.04 Å². The summed E-state index contributed by atoms with van der Waals surface area (Å²) < 4.78 is 21.5. The second-order valence-corrected chi connectivity index (χ2v) is 8.28. The van der Waals surface area contributed by atoms with Gasteiger partial charge in [-0.2, -0.15) is 0 Å². The van der Waals surface area contributed by atoms with E-state index in [2.05, 4.69) is 4.90 Å². The molecular weight excluding hydrogens is 452 g/mol. The van der Waals surface area contributed by atoms with Crippen LogP contribution in [0.5, 0.6) is 17.2 Å². The fourth-order valence-electron chi connectivity index (χ4n) is 4.46. The molecule has 0 bridgehead atoms. The number of hydrogen-bond acceptors (Lipinski definition) is 8. The summed E-state index contributed by atoms with van der Waals surface area (Å²) in [6.45, 7) is 3.66. The minimum Gasteiger partial charge on any atom is -0.507 e. The number of hydrogen-bond donors (Lipinski definition) is 1. The molecule has 2 heterocycles. The Balaban J connectivity index is 1.79. The summed E-state index contributed by atoms with van der Waals surface area (Å²) in [5, 5.41) is 11.2. The third kappa shape index (κ3) is 4.96. The summed E-state index contributed by atoms with van der Waals surface area (Å²) in [6.07, 6.45) is 0. The Hall–Kier alpha value is -3.56. The lowest BCUT2D eigenvalue weighted by atomic mass is 9.94. The molecule has 0 saturated carbocycles. The lowest BCUT2D eigenvalue weighted by Gasteiger charge is -2.31. The smallest absolute Gasteiger partial charge is 0.295 e. The van der Waals surface area contributed by atoms with Crippen LogP contribution in [0, 0.1) is 0 Å². The van der Waals surface area contributed by atoms with Crippen LogP contribution in [0.1, 0.15) is 17.2 Å². The Morgan fingerprint density at radius 1 is 0.943 bits per heavy atom. The summed E-state index contributed by atoms with van der Waals surface area (Å²) in [5.74, 6) is 0.00210. The summed E-state index contributed by atoms with van der Waals surface area (Å²) in [6, 6.07) is 11.1. The average molecular weight is 483 g/mol. The number of rotatable bonds is 8. The maximum Gasteiger partial charge on any atom is 0.295 e. The number of likely N-dealkylation sites (tertiary alicyclic amines) is 1. The normalized spacial score (nSPS) is 20.2. The molecule has 0 radical (unpaired) electrons. The molecule has 2 aliphatic heterocycles. The van der Waals surface area contributed by atoms with E-state index < -0.39 is 17.7 Å². The number of ether oxygens (including phenoxy) is 4.